The van der Waals surface area contributed by atoms with E-state index in [1.54, 1.807) is 0 Å². The third-order valence-corrected chi connectivity index (χ3v) is 3.27. The van der Waals surface area contributed by atoms with Crippen molar-refractivity contribution in [3.63, 3.8) is 0 Å². The molecule has 0 spiro atoms. The van der Waals surface area contributed by atoms with Crippen molar-refractivity contribution in [2.24, 2.45) is 0 Å². The van der Waals surface area contributed by atoms with Gasteiger partial charge in [0.2, 0.25) is 0 Å². The summed E-state index contributed by atoms with van der Waals surface area (Å²) in [6, 6.07) is 10.3. The fourth-order valence-corrected chi connectivity index (χ4v) is 2.24. The molecule has 0 radical (unpaired) electrons. The zero-order valence-corrected chi connectivity index (χ0v) is 13.1. The monoisotopic (exact) mass is 284 g/mol. The lowest BCUT2D eigenvalue weighted by Gasteiger charge is -2.19. The summed E-state index contributed by atoms with van der Waals surface area (Å²) in [7, 11) is 2.06. The maximum Gasteiger partial charge on any atom is 0.129 e. The number of aromatic nitrogens is 2. The molecule has 0 aliphatic carbocycles. The van der Waals surface area contributed by atoms with Crippen LogP contribution in [0.2, 0.25) is 0 Å². The van der Waals surface area contributed by atoms with E-state index in [-0.39, 0.29) is 0 Å². The van der Waals surface area contributed by atoms with Crippen LogP contribution in [-0.4, -0.2) is 23.6 Å². The van der Waals surface area contributed by atoms with Crippen molar-refractivity contribution in [1.82, 2.24) is 15.3 Å². The summed E-state index contributed by atoms with van der Waals surface area (Å²) in [5.74, 6) is 0.994. The molecule has 2 aromatic heterocycles. The van der Waals surface area contributed by atoms with Gasteiger partial charge in [-0.25, -0.2) is 4.98 Å². The largest absolute Gasteiger partial charge is 0.354 e. The molecule has 112 valence electrons. The standard InChI is InChI=1S/C17H24N4/c1-4-8-18-12-15-10-14(2)20-17(11-15)21(3)13-16-7-5-6-9-19-16/h5-7,9-11,18H,4,8,12-13H2,1-3H3. The van der Waals surface area contributed by atoms with Crippen LogP contribution >= 0.6 is 0 Å². The molecule has 0 atom stereocenters. The predicted octanol–water partition coefficient (Wildman–Crippen LogP) is 2.92. The molecule has 4 heteroatoms. The topological polar surface area (TPSA) is 41.1 Å². The summed E-state index contributed by atoms with van der Waals surface area (Å²) in [6.45, 7) is 6.92. The molecule has 21 heavy (non-hydrogen) atoms. The van der Waals surface area contributed by atoms with Crippen molar-refractivity contribution in [3.8, 4) is 0 Å². The van der Waals surface area contributed by atoms with Crippen molar-refractivity contribution < 1.29 is 0 Å². The molecule has 0 amide bonds. The highest BCUT2D eigenvalue weighted by Gasteiger charge is 2.07. The van der Waals surface area contributed by atoms with E-state index in [1.807, 2.05) is 31.3 Å². The van der Waals surface area contributed by atoms with Gasteiger partial charge in [-0.3, -0.25) is 4.98 Å². The third kappa shape index (κ3) is 4.83. The Labute approximate surface area is 127 Å². The molecule has 0 saturated carbocycles. The molecule has 0 aliphatic heterocycles. The van der Waals surface area contributed by atoms with Gasteiger partial charge in [0.05, 0.1) is 12.2 Å². The fourth-order valence-electron chi connectivity index (χ4n) is 2.24. The Morgan fingerprint density at radius 2 is 2.10 bits per heavy atom. The quantitative estimate of drug-likeness (QED) is 0.794. The number of nitrogens with one attached hydrogen (secondary N) is 1. The molecule has 0 bridgehead atoms. The van der Waals surface area contributed by atoms with E-state index in [2.05, 4.69) is 46.3 Å². The van der Waals surface area contributed by atoms with E-state index < -0.39 is 0 Å². The number of hydrogen-bond donors (Lipinski definition) is 1. The van der Waals surface area contributed by atoms with Gasteiger partial charge in [-0.15, -0.1) is 0 Å². The van der Waals surface area contributed by atoms with E-state index in [4.69, 9.17) is 0 Å². The van der Waals surface area contributed by atoms with Gasteiger partial charge in [0.1, 0.15) is 5.82 Å². The number of hydrogen-bond acceptors (Lipinski definition) is 4. The van der Waals surface area contributed by atoms with Crippen LogP contribution in [0.1, 0.15) is 30.3 Å². The van der Waals surface area contributed by atoms with Gasteiger partial charge in [0.25, 0.3) is 0 Å². The van der Waals surface area contributed by atoms with Crippen molar-refractivity contribution in [1.29, 1.82) is 0 Å². The normalized spacial score (nSPS) is 10.6. The van der Waals surface area contributed by atoms with Crippen molar-refractivity contribution in [3.05, 3.63) is 53.5 Å². The Hall–Kier alpha value is -1.94. The Morgan fingerprint density at radius 3 is 2.81 bits per heavy atom. The number of nitrogens with zero attached hydrogens (tertiary/aromatic N) is 3. The average Bonchev–Trinajstić information content (AvgIpc) is 2.48. The molecule has 0 saturated heterocycles. The zero-order chi connectivity index (χ0) is 15.1. The highest BCUT2D eigenvalue weighted by molar-refractivity contribution is 5.42. The highest BCUT2D eigenvalue weighted by Crippen LogP contribution is 2.15. The van der Waals surface area contributed by atoms with Gasteiger partial charge in [-0.2, -0.15) is 0 Å². The van der Waals surface area contributed by atoms with Crippen LogP contribution in [0.3, 0.4) is 0 Å². The third-order valence-electron chi connectivity index (χ3n) is 3.27. The molecular formula is C17H24N4. The smallest absolute Gasteiger partial charge is 0.129 e. The number of rotatable bonds is 7. The SMILES string of the molecule is CCCNCc1cc(C)nc(N(C)Cc2ccccn2)c1. The van der Waals surface area contributed by atoms with Crippen LogP contribution in [0, 0.1) is 6.92 Å². The number of anilines is 1. The van der Waals surface area contributed by atoms with E-state index in [0.29, 0.717) is 0 Å². The molecule has 0 aliphatic rings. The van der Waals surface area contributed by atoms with Crippen LogP contribution in [-0.2, 0) is 13.1 Å². The molecule has 0 fully saturated rings. The van der Waals surface area contributed by atoms with Gasteiger partial charge >= 0.3 is 0 Å². The van der Waals surface area contributed by atoms with Crippen LogP contribution in [0.5, 0.6) is 0 Å². The predicted molar refractivity (Wildman–Crippen MR) is 87.3 cm³/mol. The lowest BCUT2D eigenvalue weighted by Crippen LogP contribution is -2.20. The summed E-state index contributed by atoms with van der Waals surface area (Å²) in [4.78, 5) is 11.1. The average molecular weight is 284 g/mol. The summed E-state index contributed by atoms with van der Waals surface area (Å²) in [5.41, 5.74) is 3.38. The first kappa shape index (κ1) is 15.4. The molecule has 2 aromatic rings. The van der Waals surface area contributed by atoms with Gasteiger partial charge in [-0.05, 0) is 49.7 Å². The lowest BCUT2D eigenvalue weighted by atomic mass is 10.2. The van der Waals surface area contributed by atoms with Crippen molar-refractivity contribution >= 4 is 5.82 Å². The van der Waals surface area contributed by atoms with Crippen LogP contribution in [0.25, 0.3) is 0 Å². The first-order chi connectivity index (χ1) is 10.2. The van der Waals surface area contributed by atoms with Crippen molar-refractivity contribution in [2.75, 3.05) is 18.5 Å². The molecule has 0 unspecified atom stereocenters. The minimum Gasteiger partial charge on any atom is -0.354 e. The van der Waals surface area contributed by atoms with E-state index in [9.17, 15) is 0 Å². The Morgan fingerprint density at radius 1 is 1.24 bits per heavy atom. The summed E-state index contributed by atoms with van der Waals surface area (Å²) in [5, 5.41) is 3.44. The summed E-state index contributed by atoms with van der Waals surface area (Å²) in [6.07, 6.45) is 2.98. The molecule has 2 rings (SSSR count). The van der Waals surface area contributed by atoms with Crippen LogP contribution in [0.4, 0.5) is 5.82 Å². The second kappa shape index (κ2) is 7.74. The number of aryl methyl sites for hydroxylation is 1. The summed E-state index contributed by atoms with van der Waals surface area (Å²) < 4.78 is 0. The van der Waals surface area contributed by atoms with Gasteiger partial charge in [0, 0.05) is 25.5 Å². The van der Waals surface area contributed by atoms with Crippen LogP contribution in [0.15, 0.2) is 36.5 Å². The Bertz CT molecular complexity index is 554. The maximum atomic E-state index is 4.63. The first-order valence-electron chi connectivity index (χ1n) is 7.48. The summed E-state index contributed by atoms with van der Waals surface area (Å²) >= 11 is 0. The highest BCUT2D eigenvalue weighted by atomic mass is 15.2. The van der Waals surface area contributed by atoms with E-state index >= 15 is 0 Å². The Kier molecular flexibility index (Phi) is 5.69. The maximum absolute atomic E-state index is 4.63. The Balaban J connectivity index is 2.07. The number of pyridine rings is 2. The lowest BCUT2D eigenvalue weighted by molar-refractivity contribution is 0.674. The molecule has 0 aromatic carbocycles. The minimum absolute atomic E-state index is 0.763. The van der Waals surface area contributed by atoms with Crippen molar-refractivity contribution in [2.45, 2.75) is 33.4 Å². The second-order valence-corrected chi connectivity index (χ2v) is 5.33. The van der Waals surface area contributed by atoms with Gasteiger partial charge in [0.15, 0.2) is 0 Å². The first-order valence-corrected chi connectivity index (χ1v) is 7.48. The van der Waals surface area contributed by atoms with E-state index in [0.717, 1.165) is 43.3 Å². The molecular weight excluding hydrogens is 260 g/mol. The van der Waals surface area contributed by atoms with Gasteiger partial charge < -0.3 is 10.2 Å². The second-order valence-electron chi connectivity index (χ2n) is 5.33. The molecule has 2 heterocycles. The van der Waals surface area contributed by atoms with Crippen LogP contribution < -0.4 is 10.2 Å². The zero-order valence-electron chi connectivity index (χ0n) is 13.1. The van der Waals surface area contributed by atoms with E-state index in [1.165, 1.54) is 5.56 Å². The molecule has 4 nitrogen and oxygen atoms in total. The fraction of sp³-hybridized carbons (Fsp3) is 0.412. The minimum atomic E-state index is 0.763. The van der Waals surface area contributed by atoms with Gasteiger partial charge in [-0.1, -0.05) is 13.0 Å². The molecule has 1 N–H and O–H groups in total.